The van der Waals surface area contributed by atoms with Crippen LogP contribution in [0.3, 0.4) is 0 Å². The molecule has 148 valence electrons. The molecular weight excluding hydrogens is 396 g/mol. The van der Waals surface area contributed by atoms with E-state index in [1.807, 2.05) is 0 Å². The highest BCUT2D eigenvalue weighted by Crippen LogP contribution is 2.34. The number of amides is 2. The Kier molecular flexibility index (Phi) is 5.60. The summed E-state index contributed by atoms with van der Waals surface area (Å²) in [6, 6.07) is 4.00. The van der Waals surface area contributed by atoms with Crippen molar-refractivity contribution >= 4 is 44.9 Å². The lowest BCUT2D eigenvalue weighted by Gasteiger charge is -2.23. The van der Waals surface area contributed by atoms with E-state index in [1.165, 1.54) is 18.2 Å². The number of anilines is 1. The second-order valence-corrected chi connectivity index (χ2v) is 10.2. The van der Waals surface area contributed by atoms with Gasteiger partial charge in [0.05, 0.1) is 28.7 Å². The van der Waals surface area contributed by atoms with Gasteiger partial charge in [-0.3, -0.25) is 19.3 Å². The second-order valence-electron chi connectivity index (χ2n) is 6.90. The molecule has 1 aromatic carbocycles. The normalized spacial score (nSPS) is 15.6. The monoisotopic (exact) mass is 416 g/mol. The topological polar surface area (TPSA) is 124 Å². The van der Waals surface area contributed by atoms with Crippen LogP contribution in [0.25, 0.3) is 0 Å². The molecule has 0 fully saturated rings. The fourth-order valence-electron chi connectivity index (χ4n) is 2.62. The summed E-state index contributed by atoms with van der Waals surface area (Å²) in [7, 11) is -3.98. The first kappa shape index (κ1) is 21.2. The van der Waals surface area contributed by atoms with E-state index in [4.69, 9.17) is 4.74 Å². The van der Waals surface area contributed by atoms with Gasteiger partial charge in [-0.05, 0) is 32.9 Å². The molecule has 0 radical (unpaired) electrons. The zero-order valence-corrected chi connectivity index (χ0v) is 17.1. The van der Waals surface area contributed by atoms with Gasteiger partial charge in [-0.1, -0.05) is 9.78 Å². The minimum absolute atomic E-state index is 0.0693. The van der Waals surface area contributed by atoms with Gasteiger partial charge in [0.25, 0.3) is 21.8 Å². The number of ether oxygens (including phenoxy) is 1. The van der Waals surface area contributed by atoms with Gasteiger partial charge in [-0.25, -0.2) is 8.42 Å². The van der Waals surface area contributed by atoms with Crippen LogP contribution >= 0.6 is 0 Å². The number of fused-ring (bicyclic) bond motifs is 1. The Morgan fingerprint density at radius 1 is 1.26 bits per heavy atom. The molecule has 9 nitrogen and oxygen atoms in total. The average Bonchev–Trinajstić information content (AvgIpc) is 2.69. The zero-order valence-electron chi connectivity index (χ0n) is 15.5. The van der Waals surface area contributed by atoms with Gasteiger partial charge in [0.1, 0.15) is 24.1 Å². The van der Waals surface area contributed by atoms with Crippen LogP contribution in [0.1, 0.15) is 41.5 Å². The number of benzene rings is 1. The molecule has 0 N–H and O–H groups in total. The van der Waals surface area contributed by atoms with Crippen molar-refractivity contribution in [3.05, 3.63) is 29.3 Å². The molecule has 0 bridgehead atoms. The average molecular weight is 416 g/mol. The zero-order chi connectivity index (χ0) is 20.7. The maximum Gasteiger partial charge on any atom is 0.326 e. The first-order valence-corrected chi connectivity index (χ1v) is 11.2. The van der Waals surface area contributed by atoms with Gasteiger partial charge in [0, 0.05) is 0 Å². The van der Waals surface area contributed by atoms with E-state index in [2.05, 4.69) is 0 Å². The smallest absolute Gasteiger partial charge is 0.326 e. The summed E-state index contributed by atoms with van der Waals surface area (Å²) in [6.07, 6.45) is 1.98. The molecule has 11 heteroatoms. The van der Waals surface area contributed by atoms with E-state index in [0.717, 1.165) is 12.5 Å². The number of esters is 1. The molecule has 1 heterocycles. The number of sulfonamides is 1. The van der Waals surface area contributed by atoms with Crippen molar-refractivity contribution in [1.29, 1.82) is 0 Å². The Bertz CT molecular complexity index is 904. The Balaban J connectivity index is 2.46. The first-order valence-electron chi connectivity index (χ1n) is 7.79. The second kappa shape index (κ2) is 7.13. The highest BCUT2D eigenvalue weighted by molar-refractivity contribution is 8.09. The SMILES string of the molecule is C[S+]([O-])N(c1cccc2c1C(=O)N(CC(=O)OC(C)(C)C)C2=O)S(C)(=O)=O. The summed E-state index contributed by atoms with van der Waals surface area (Å²) in [4.78, 5) is 38.0. The van der Waals surface area contributed by atoms with Gasteiger partial charge in [0.2, 0.25) is 0 Å². The highest BCUT2D eigenvalue weighted by Gasteiger charge is 2.43. The number of carbonyl (C=O) groups is 3. The van der Waals surface area contributed by atoms with Crippen LogP contribution < -0.4 is 3.71 Å². The van der Waals surface area contributed by atoms with Crippen molar-refractivity contribution in [2.75, 3.05) is 22.8 Å². The molecule has 0 aliphatic carbocycles. The Labute approximate surface area is 160 Å². The molecular formula is C16H20N2O7S2. The number of hydrogen-bond acceptors (Lipinski definition) is 7. The standard InChI is InChI=1S/C16H20N2O7S2/c1-16(2,3)25-12(19)9-17-14(20)10-7-6-8-11(13(10)15(17)21)18(26(4)22)27(5,23)24/h6-8H,9H2,1-5H3. The van der Waals surface area contributed by atoms with Crippen molar-refractivity contribution in [1.82, 2.24) is 4.90 Å². The lowest BCUT2D eigenvalue weighted by molar-refractivity contribution is -0.155. The first-order chi connectivity index (χ1) is 12.2. The Morgan fingerprint density at radius 2 is 1.85 bits per heavy atom. The van der Waals surface area contributed by atoms with E-state index < -0.39 is 51.3 Å². The molecule has 1 atom stereocenters. The fraction of sp³-hybridized carbons (Fsp3) is 0.438. The van der Waals surface area contributed by atoms with Crippen LogP contribution in [0.4, 0.5) is 5.69 Å². The number of imide groups is 1. The van der Waals surface area contributed by atoms with Crippen LogP contribution in [0.15, 0.2) is 18.2 Å². The summed E-state index contributed by atoms with van der Waals surface area (Å²) >= 11 is -2.01. The minimum Gasteiger partial charge on any atom is -0.592 e. The Hall–Kier alpha value is -2.11. The highest BCUT2D eigenvalue weighted by atomic mass is 32.3. The molecule has 2 rings (SSSR count). The van der Waals surface area contributed by atoms with Gasteiger partial charge < -0.3 is 9.29 Å². The fourth-order valence-corrected chi connectivity index (χ4v) is 5.09. The van der Waals surface area contributed by atoms with Gasteiger partial charge in [0.15, 0.2) is 0 Å². The van der Waals surface area contributed by atoms with Crippen LogP contribution in [0.2, 0.25) is 0 Å². The molecule has 0 saturated carbocycles. The Morgan fingerprint density at radius 3 is 2.33 bits per heavy atom. The van der Waals surface area contributed by atoms with Gasteiger partial charge in [-0.2, -0.15) is 0 Å². The van der Waals surface area contributed by atoms with Crippen molar-refractivity contribution in [3.8, 4) is 0 Å². The van der Waals surface area contributed by atoms with Crippen molar-refractivity contribution in [3.63, 3.8) is 0 Å². The molecule has 0 saturated heterocycles. The third-order valence-electron chi connectivity index (χ3n) is 3.42. The molecule has 1 aliphatic rings. The maximum absolute atomic E-state index is 12.8. The van der Waals surface area contributed by atoms with Crippen molar-refractivity contribution in [2.24, 2.45) is 0 Å². The van der Waals surface area contributed by atoms with E-state index in [9.17, 15) is 27.4 Å². The molecule has 1 aromatic rings. The molecule has 0 spiro atoms. The van der Waals surface area contributed by atoms with Crippen LogP contribution in [0, 0.1) is 0 Å². The van der Waals surface area contributed by atoms with Crippen LogP contribution in [-0.2, 0) is 30.9 Å². The summed E-state index contributed by atoms with van der Waals surface area (Å²) in [5.41, 5.74) is -1.26. The third-order valence-corrected chi connectivity index (χ3v) is 6.32. The number of rotatable bonds is 5. The van der Waals surface area contributed by atoms with E-state index in [-0.39, 0.29) is 16.8 Å². The summed E-state index contributed by atoms with van der Waals surface area (Å²) in [5.74, 6) is -2.38. The van der Waals surface area contributed by atoms with Crippen molar-refractivity contribution in [2.45, 2.75) is 26.4 Å². The van der Waals surface area contributed by atoms with E-state index in [1.54, 1.807) is 20.8 Å². The van der Waals surface area contributed by atoms with Crippen molar-refractivity contribution < 1.29 is 32.1 Å². The molecule has 2 amide bonds. The van der Waals surface area contributed by atoms with E-state index >= 15 is 0 Å². The lowest BCUT2D eigenvalue weighted by Crippen LogP contribution is -2.39. The van der Waals surface area contributed by atoms with Crippen LogP contribution in [0.5, 0.6) is 0 Å². The summed E-state index contributed by atoms with van der Waals surface area (Å²) in [6.45, 7) is 4.32. The predicted molar refractivity (Wildman–Crippen MR) is 99.0 cm³/mol. The maximum atomic E-state index is 12.8. The quantitative estimate of drug-likeness (QED) is 0.393. The lowest BCUT2D eigenvalue weighted by atomic mass is 10.1. The molecule has 1 aliphatic heterocycles. The van der Waals surface area contributed by atoms with Gasteiger partial charge >= 0.3 is 5.97 Å². The minimum atomic E-state index is -3.98. The number of nitrogens with zero attached hydrogens (tertiary/aromatic N) is 2. The molecule has 1 unspecified atom stereocenters. The number of hydrogen-bond donors (Lipinski definition) is 0. The predicted octanol–water partition coefficient (Wildman–Crippen LogP) is 0.684. The van der Waals surface area contributed by atoms with E-state index in [0.29, 0.717) is 8.61 Å². The number of carbonyl (C=O) groups excluding carboxylic acids is 3. The summed E-state index contributed by atoms with van der Waals surface area (Å²) in [5, 5.41) is 0. The molecule has 0 aromatic heterocycles. The third kappa shape index (κ3) is 4.42. The molecule has 27 heavy (non-hydrogen) atoms. The summed E-state index contributed by atoms with van der Waals surface area (Å²) < 4.78 is 41.7. The van der Waals surface area contributed by atoms with Crippen LogP contribution in [-0.4, -0.2) is 60.3 Å². The van der Waals surface area contributed by atoms with Gasteiger partial charge in [-0.15, -0.1) is 0 Å². The largest absolute Gasteiger partial charge is 0.592 e.